The smallest absolute Gasteiger partial charge is 0.273 e. The van der Waals surface area contributed by atoms with Gasteiger partial charge in [0.2, 0.25) is 0 Å². The standard InChI is InChI=1S/C18H23ClFN5O2/c19-15-5-1-6-16(20)14(15)11-24-8-2-4-13(10-24)25-12-17(22-23-25)18(27)21-7-3-9-26/h1,5-6,12-13,26H,2-4,7-11H2,(H,21,27)/t13-/m1/s1. The summed E-state index contributed by atoms with van der Waals surface area (Å²) in [5.41, 5.74) is 0.754. The average molecular weight is 396 g/mol. The van der Waals surface area contributed by atoms with Crippen LogP contribution in [0.15, 0.2) is 24.4 Å². The summed E-state index contributed by atoms with van der Waals surface area (Å²) in [5.74, 6) is -0.604. The minimum Gasteiger partial charge on any atom is -0.396 e. The first-order chi connectivity index (χ1) is 13.1. The lowest BCUT2D eigenvalue weighted by Gasteiger charge is -2.32. The molecule has 2 aromatic rings. The Morgan fingerprint density at radius 2 is 2.30 bits per heavy atom. The van der Waals surface area contributed by atoms with Crippen molar-refractivity contribution in [2.24, 2.45) is 0 Å². The maximum atomic E-state index is 14.0. The molecule has 27 heavy (non-hydrogen) atoms. The molecule has 1 atom stereocenters. The number of aliphatic hydroxyl groups is 1. The number of aromatic nitrogens is 3. The Kier molecular flexibility index (Phi) is 6.76. The summed E-state index contributed by atoms with van der Waals surface area (Å²) >= 11 is 6.14. The highest BCUT2D eigenvalue weighted by atomic mass is 35.5. The fraction of sp³-hybridized carbons (Fsp3) is 0.500. The van der Waals surface area contributed by atoms with Crippen LogP contribution in [0.3, 0.4) is 0 Å². The molecule has 1 amide bonds. The maximum absolute atomic E-state index is 14.0. The molecule has 0 aliphatic carbocycles. The summed E-state index contributed by atoms with van der Waals surface area (Å²) in [6.07, 6.45) is 3.99. The van der Waals surface area contributed by atoms with Crippen LogP contribution < -0.4 is 5.32 Å². The van der Waals surface area contributed by atoms with Crippen LogP contribution in [-0.2, 0) is 6.54 Å². The number of likely N-dealkylation sites (tertiary alicyclic amines) is 1. The average Bonchev–Trinajstić information content (AvgIpc) is 3.16. The number of nitrogens with one attached hydrogen (secondary N) is 1. The Bertz CT molecular complexity index is 765. The minimum absolute atomic E-state index is 0.0247. The molecule has 1 aromatic carbocycles. The lowest BCUT2D eigenvalue weighted by atomic mass is 10.0. The second-order valence-electron chi connectivity index (χ2n) is 6.65. The fourth-order valence-corrected chi connectivity index (χ4v) is 3.45. The molecular weight excluding hydrogens is 373 g/mol. The number of aliphatic hydroxyl groups excluding tert-OH is 1. The highest BCUT2D eigenvalue weighted by molar-refractivity contribution is 6.31. The lowest BCUT2D eigenvalue weighted by molar-refractivity contribution is 0.0946. The summed E-state index contributed by atoms with van der Waals surface area (Å²) in [7, 11) is 0. The number of benzene rings is 1. The third kappa shape index (κ3) is 5.03. The second kappa shape index (κ2) is 9.25. The van der Waals surface area contributed by atoms with Gasteiger partial charge in [0.25, 0.3) is 5.91 Å². The monoisotopic (exact) mass is 395 g/mol. The molecule has 1 saturated heterocycles. The number of amides is 1. The molecule has 0 spiro atoms. The minimum atomic E-state index is -0.305. The number of hydrogen-bond acceptors (Lipinski definition) is 5. The van der Waals surface area contributed by atoms with Crippen molar-refractivity contribution in [1.82, 2.24) is 25.2 Å². The van der Waals surface area contributed by atoms with Gasteiger partial charge < -0.3 is 10.4 Å². The molecule has 0 saturated carbocycles. The molecule has 2 N–H and O–H groups in total. The van der Waals surface area contributed by atoms with Crippen molar-refractivity contribution in [3.05, 3.63) is 46.5 Å². The van der Waals surface area contributed by atoms with Crippen LogP contribution >= 0.6 is 11.6 Å². The summed E-state index contributed by atoms with van der Waals surface area (Å²) in [6.45, 7) is 2.38. The van der Waals surface area contributed by atoms with Crippen LogP contribution in [-0.4, -0.2) is 57.1 Å². The molecular formula is C18H23ClFN5O2. The van der Waals surface area contributed by atoms with E-state index in [0.29, 0.717) is 36.6 Å². The first-order valence-electron chi connectivity index (χ1n) is 9.04. The highest BCUT2D eigenvalue weighted by Crippen LogP contribution is 2.26. The van der Waals surface area contributed by atoms with Crippen LogP contribution in [0.1, 0.15) is 41.4 Å². The van der Waals surface area contributed by atoms with Crippen molar-refractivity contribution < 1.29 is 14.3 Å². The predicted molar refractivity (Wildman–Crippen MR) is 99.0 cm³/mol. The Hall–Kier alpha value is -2.03. The number of hydrogen-bond donors (Lipinski definition) is 2. The molecule has 1 aliphatic heterocycles. The Labute approximate surface area is 162 Å². The van der Waals surface area contributed by atoms with Crippen molar-refractivity contribution >= 4 is 17.5 Å². The van der Waals surface area contributed by atoms with E-state index in [9.17, 15) is 9.18 Å². The van der Waals surface area contributed by atoms with Crippen molar-refractivity contribution in [2.45, 2.75) is 31.8 Å². The molecule has 1 fully saturated rings. The van der Waals surface area contributed by atoms with Gasteiger partial charge in [-0.3, -0.25) is 9.69 Å². The van der Waals surface area contributed by atoms with Crippen LogP contribution in [0, 0.1) is 5.82 Å². The van der Waals surface area contributed by atoms with Gasteiger partial charge in [-0.05, 0) is 37.9 Å². The zero-order chi connectivity index (χ0) is 19.2. The molecule has 9 heteroatoms. The van der Waals surface area contributed by atoms with Gasteiger partial charge in [-0.1, -0.05) is 22.9 Å². The number of halogens is 2. The number of carbonyl (C=O) groups excluding carboxylic acids is 1. The van der Waals surface area contributed by atoms with Crippen molar-refractivity contribution in [3.63, 3.8) is 0 Å². The van der Waals surface area contributed by atoms with E-state index in [-0.39, 0.29) is 30.1 Å². The number of piperidine rings is 1. The first kappa shape index (κ1) is 19.7. The zero-order valence-electron chi connectivity index (χ0n) is 14.9. The van der Waals surface area contributed by atoms with Gasteiger partial charge in [0.1, 0.15) is 5.82 Å². The molecule has 1 aliphatic rings. The molecule has 3 rings (SSSR count). The van der Waals surface area contributed by atoms with E-state index in [2.05, 4.69) is 20.5 Å². The zero-order valence-corrected chi connectivity index (χ0v) is 15.7. The van der Waals surface area contributed by atoms with E-state index in [1.165, 1.54) is 6.07 Å². The molecule has 1 aromatic heterocycles. The van der Waals surface area contributed by atoms with Crippen LogP contribution in [0.5, 0.6) is 0 Å². The van der Waals surface area contributed by atoms with Gasteiger partial charge in [-0.2, -0.15) is 0 Å². The van der Waals surface area contributed by atoms with Crippen LogP contribution in [0.25, 0.3) is 0 Å². The lowest BCUT2D eigenvalue weighted by Crippen LogP contribution is -2.36. The Morgan fingerprint density at radius 3 is 3.07 bits per heavy atom. The molecule has 0 bridgehead atoms. The van der Waals surface area contributed by atoms with E-state index in [1.807, 2.05) is 0 Å². The number of carbonyl (C=O) groups is 1. The predicted octanol–water partition coefficient (Wildman–Crippen LogP) is 2.02. The summed E-state index contributed by atoms with van der Waals surface area (Å²) in [4.78, 5) is 14.2. The normalized spacial score (nSPS) is 17.8. The SMILES string of the molecule is O=C(NCCCO)c1cn([C@@H]2CCCN(Cc3c(F)cccc3Cl)C2)nn1. The fourth-order valence-electron chi connectivity index (χ4n) is 3.23. The number of rotatable bonds is 7. The van der Waals surface area contributed by atoms with E-state index in [1.54, 1.807) is 23.0 Å². The number of nitrogens with zero attached hydrogens (tertiary/aromatic N) is 4. The maximum Gasteiger partial charge on any atom is 0.273 e. The highest BCUT2D eigenvalue weighted by Gasteiger charge is 2.24. The van der Waals surface area contributed by atoms with Gasteiger partial charge in [0.05, 0.1) is 12.2 Å². The van der Waals surface area contributed by atoms with Gasteiger partial charge in [-0.15, -0.1) is 5.10 Å². The molecule has 146 valence electrons. The van der Waals surface area contributed by atoms with E-state index >= 15 is 0 Å². The quantitative estimate of drug-likeness (QED) is 0.701. The third-order valence-electron chi connectivity index (χ3n) is 4.66. The van der Waals surface area contributed by atoms with Crippen molar-refractivity contribution in [3.8, 4) is 0 Å². The first-order valence-corrected chi connectivity index (χ1v) is 9.42. The van der Waals surface area contributed by atoms with Gasteiger partial charge in [-0.25, -0.2) is 9.07 Å². The molecule has 2 heterocycles. The summed E-state index contributed by atoms with van der Waals surface area (Å²) in [5, 5.41) is 19.9. The summed E-state index contributed by atoms with van der Waals surface area (Å²) < 4.78 is 15.8. The largest absolute Gasteiger partial charge is 0.396 e. The van der Waals surface area contributed by atoms with Crippen LogP contribution in [0.2, 0.25) is 5.02 Å². The third-order valence-corrected chi connectivity index (χ3v) is 5.02. The molecule has 7 nitrogen and oxygen atoms in total. The van der Waals surface area contributed by atoms with E-state index in [4.69, 9.17) is 16.7 Å². The molecule has 0 unspecified atom stereocenters. The van der Waals surface area contributed by atoms with Gasteiger partial charge in [0.15, 0.2) is 5.69 Å². The Morgan fingerprint density at radius 1 is 1.44 bits per heavy atom. The van der Waals surface area contributed by atoms with E-state index in [0.717, 1.165) is 19.4 Å². The topological polar surface area (TPSA) is 83.3 Å². The van der Waals surface area contributed by atoms with Crippen molar-refractivity contribution in [2.75, 3.05) is 26.2 Å². The van der Waals surface area contributed by atoms with Crippen LogP contribution in [0.4, 0.5) is 4.39 Å². The van der Waals surface area contributed by atoms with E-state index < -0.39 is 0 Å². The van der Waals surface area contributed by atoms with Gasteiger partial charge in [0, 0.05) is 36.8 Å². The van der Waals surface area contributed by atoms with Gasteiger partial charge >= 0.3 is 0 Å². The summed E-state index contributed by atoms with van der Waals surface area (Å²) in [6, 6.07) is 4.78. The molecule has 0 radical (unpaired) electrons. The Balaban J connectivity index is 1.62. The van der Waals surface area contributed by atoms with Crippen molar-refractivity contribution in [1.29, 1.82) is 0 Å². The second-order valence-corrected chi connectivity index (χ2v) is 7.06.